The highest BCUT2D eigenvalue weighted by Gasteiger charge is 2.25. The first-order valence-corrected chi connectivity index (χ1v) is 8.11. The van der Waals surface area contributed by atoms with Crippen LogP contribution in [0.25, 0.3) is 0 Å². The minimum absolute atomic E-state index is 0.133. The maximum absolute atomic E-state index is 12.4. The number of hydrogen-bond donors (Lipinski definition) is 2. The van der Waals surface area contributed by atoms with Crippen molar-refractivity contribution in [1.29, 1.82) is 0 Å². The normalized spacial score (nSPS) is 13.6. The van der Waals surface area contributed by atoms with E-state index in [1.54, 1.807) is 18.5 Å². The highest BCUT2D eigenvalue weighted by Crippen LogP contribution is 2.19. The number of nitrogens with two attached hydrogens (primary N) is 1. The second kappa shape index (κ2) is 7.85. The van der Waals surface area contributed by atoms with Gasteiger partial charge in [-0.05, 0) is 13.8 Å². The zero-order valence-electron chi connectivity index (χ0n) is 12.9. The van der Waals surface area contributed by atoms with Crippen LogP contribution in [-0.2, 0) is 26.0 Å². The summed E-state index contributed by atoms with van der Waals surface area (Å²) in [7, 11) is -0.611. The van der Waals surface area contributed by atoms with Crippen LogP contribution in [0.15, 0.2) is 4.90 Å². The van der Waals surface area contributed by atoms with Gasteiger partial charge < -0.3 is 15.2 Å². The molecule has 21 heavy (non-hydrogen) atoms. The first-order valence-electron chi connectivity index (χ1n) is 6.62. The summed E-state index contributed by atoms with van der Waals surface area (Å²) in [5.41, 5.74) is 6.52. The molecule has 1 aromatic heterocycles. The van der Waals surface area contributed by atoms with Crippen molar-refractivity contribution in [1.82, 2.24) is 14.5 Å². The van der Waals surface area contributed by atoms with Crippen molar-refractivity contribution in [3.63, 3.8) is 0 Å². The first kappa shape index (κ1) is 18.1. The van der Waals surface area contributed by atoms with E-state index in [4.69, 9.17) is 15.2 Å². The van der Waals surface area contributed by atoms with E-state index in [0.29, 0.717) is 31.1 Å². The summed E-state index contributed by atoms with van der Waals surface area (Å²) in [5, 5.41) is 4.21. The van der Waals surface area contributed by atoms with Crippen molar-refractivity contribution in [2.45, 2.75) is 31.4 Å². The molecule has 9 heteroatoms. The zero-order valence-corrected chi connectivity index (χ0v) is 13.7. The van der Waals surface area contributed by atoms with Gasteiger partial charge in [-0.15, -0.1) is 0 Å². The number of ether oxygens (including phenoxy) is 2. The zero-order chi connectivity index (χ0) is 16.0. The van der Waals surface area contributed by atoms with Gasteiger partial charge in [0.1, 0.15) is 4.90 Å². The topological polar surface area (TPSA) is 108 Å². The van der Waals surface area contributed by atoms with Crippen LogP contribution >= 0.6 is 0 Å². The fraction of sp³-hybridized carbons (Fsp3) is 0.750. The van der Waals surface area contributed by atoms with Crippen LogP contribution in [0.2, 0.25) is 0 Å². The fourth-order valence-corrected chi connectivity index (χ4v) is 3.55. The molecule has 0 fully saturated rings. The summed E-state index contributed by atoms with van der Waals surface area (Å²) in [6, 6.07) is 0. The average Bonchev–Trinajstić information content (AvgIpc) is 2.70. The molecule has 0 saturated carbocycles. The molecule has 0 aromatic carbocycles. The third-order valence-corrected chi connectivity index (χ3v) is 4.79. The molecule has 0 spiro atoms. The predicted molar refractivity (Wildman–Crippen MR) is 78.6 cm³/mol. The Hall–Kier alpha value is -1.00. The summed E-state index contributed by atoms with van der Waals surface area (Å²) in [5.74, 6) is 0. The van der Waals surface area contributed by atoms with E-state index in [2.05, 4.69) is 9.82 Å². The molecule has 3 N–H and O–H groups in total. The van der Waals surface area contributed by atoms with E-state index >= 15 is 0 Å². The molecular formula is C12H24N4O4S. The van der Waals surface area contributed by atoms with Gasteiger partial charge in [0.2, 0.25) is 10.0 Å². The molecule has 1 atom stereocenters. The third-order valence-electron chi connectivity index (χ3n) is 3.11. The molecule has 0 aliphatic rings. The lowest BCUT2D eigenvalue weighted by atomic mass is 10.4. The summed E-state index contributed by atoms with van der Waals surface area (Å²) in [6.45, 7) is 4.70. The lowest BCUT2D eigenvalue weighted by molar-refractivity contribution is 0.0320. The van der Waals surface area contributed by atoms with E-state index in [0.717, 1.165) is 0 Å². The van der Waals surface area contributed by atoms with Crippen molar-refractivity contribution >= 4 is 10.0 Å². The molecule has 122 valence electrons. The van der Waals surface area contributed by atoms with Crippen molar-refractivity contribution in [2.75, 3.05) is 33.9 Å². The standard InChI is InChI=1S/C12H24N4O4S/c1-9-12(10(2)16(15-9)6-5-13)21(17,18)14-7-11(20-4)8-19-3/h11,14H,5-8,13H2,1-4H3. The molecular weight excluding hydrogens is 296 g/mol. The van der Waals surface area contributed by atoms with Crippen LogP contribution in [-0.4, -0.2) is 58.2 Å². The van der Waals surface area contributed by atoms with Crippen molar-refractivity contribution in [2.24, 2.45) is 5.73 Å². The van der Waals surface area contributed by atoms with Crippen LogP contribution in [0.5, 0.6) is 0 Å². The monoisotopic (exact) mass is 320 g/mol. The van der Waals surface area contributed by atoms with Gasteiger partial charge in [0.25, 0.3) is 0 Å². The second-order valence-electron chi connectivity index (χ2n) is 4.68. The minimum atomic E-state index is -3.65. The van der Waals surface area contributed by atoms with Crippen molar-refractivity contribution in [3.8, 4) is 0 Å². The van der Waals surface area contributed by atoms with Crippen molar-refractivity contribution in [3.05, 3.63) is 11.4 Å². The summed E-state index contributed by atoms with van der Waals surface area (Å²) in [4.78, 5) is 0.197. The molecule has 0 saturated heterocycles. The largest absolute Gasteiger partial charge is 0.382 e. The Labute approximate surface area is 125 Å². The molecule has 1 aromatic rings. The van der Waals surface area contributed by atoms with Crippen LogP contribution in [0.3, 0.4) is 0 Å². The second-order valence-corrected chi connectivity index (χ2v) is 6.38. The lowest BCUT2D eigenvalue weighted by Gasteiger charge is -2.15. The Morgan fingerprint density at radius 2 is 2.05 bits per heavy atom. The van der Waals surface area contributed by atoms with E-state index in [-0.39, 0.29) is 17.5 Å². The third kappa shape index (κ3) is 4.48. The number of nitrogens with zero attached hydrogens (tertiary/aromatic N) is 2. The summed E-state index contributed by atoms with van der Waals surface area (Å²) in [6.07, 6.45) is -0.343. The molecule has 0 radical (unpaired) electrons. The predicted octanol–water partition coefficient (Wildman–Crippen LogP) is -0.602. The molecule has 0 bridgehead atoms. The van der Waals surface area contributed by atoms with Crippen LogP contribution in [0.1, 0.15) is 11.4 Å². The Morgan fingerprint density at radius 1 is 1.38 bits per heavy atom. The Bertz CT molecular complexity index is 556. The first-order chi connectivity index (χ1) is 9.87. The van der Waals surface area contributed by atoms with Gasteiger partial charge in [-0.25, -0.2) is 13.1 Å². The summed E-state index contributed by atoms with van der Waals surface area (Å²) >= 11 is 0. The highest BCUT2D eigenvalue weighted by molar-refractivity contribution is 7.89. The number of aromatic nitrogens is 2. The lowest BCUT2D eigenvalue weighted by Crippen LogP contribution is -2.36. The smallest absolute Gasteiger partial charge is 0.244 e. The number of rotatable bonds is 9. The van der Waals surface area contributed by atoms with Gasteiger partial charge in [0.05, 0.1) is 30.6 Å². The van der Waals surface area contributed by atoms with E-state index in [9.17, 15) is 8.42 Å². The molecule has 8 nitrogen and oxygen atoms in total. The van der Waals surface area contributed by atoms with Gasteiger partial charge in [0.15, 0.2) is 0 Å². The number of nitrogens with one attached hydrogen (secondary N) is 1. The van der Waals surface area contributed by atoms with Crippen LogP contribution < -0.4 is 10.5 Å². The van der Waals surface area contributed by atoms with Gasteiger partial charge in [0, 0.05) is 27.3 Å². The Kier molecular flexibility index (Phi) is 6.75. The Balaban J connectivity index is 2.93. The van der Waals surface area contributed by atoms with E-state index in [1.807, 2.05) is 0 Å². The van der Waals surface area contributed by atoms with E-state index in [1.165, 1.54) is 14.2 Å². The summed E-state index contributed by atoms with van der Waals surface area (Å²) < 4.78 is 39.1. The average molecular weight is 320 g/mol. The van der Waals surface area contributed by atoms with Gasteiger partial charge in [-0.2, -0.15) is 5.10 Å². The highest BCUT2D eigenvalue weighted by atomic mass is 32.2. The van der Waals surface area contributed by atoms with Crippen LogP contribution in [0.4, 0.5) is 0 Å². The molecule has 1 rings (SSSR count). The number of aryl methyl sites for hydroxylation is 1. The van der Waals surface area contributed by atoms with Gasteiger partial charge in [-0.3, -0.25) is 4.68 Å². The molecule has 0 aliphatic heterocycles. The number of sulfonamides is 1. The minimum Gasteiger partial charge on any atom is -0.382 e. The van der Waals surface area contributed by atoms with Crippen LogP contribution in [0, 0.1) is 13.8 Å². The number of methoxy groups -OCH3 is 2. The maximum Gasteiger partial charge on any atom is 0.244 e. The van der Waals surface area contributed by atoms with Gasteiger partial charge >= 0.3 is 0 Å². The number of hydrogen-bond acceptors (Lipinski definition) is 6. The quantitative estimate of drug-likeness (QED) is 0.629. The van der Waals surface area contributed by atoms with Gasteiger partial charge in [-0.1, -0.05) is 0 Å². The Morgan fingerprint density at radius 3 is 2.57 bits per heavy atom. The molecule has 0 aliphatic carbocycles. The maximum atomic E-state index is 12.4. The van der Waals surface area contributed by atoms with Crippen molar-refractivity contribution < 1.29 is 17.9 Å². The van der Waals surface area contributed by atoms with E-state index < -0.39 is 10.0 Å². The molecule has 0 amide bonds. The molecule has 1 unspecified atom stereocenters. The molecule has 1 heterocycles. The fourth-order valence-electron chi connectivity index (χ4n) is 2.08. The SMILES string of the molecule is COCC(CNS(=O)(=O)c1c(C)nn(CCN)c1C)OC.